The molecule has 2 heteroatoms. The van der Waals surface area contributed by atoms with Crippen molar-refractivity contribution < 1.29 is 9.90 Å². The minimum atomic E-state index is -0.758. The molecule has 0 aliphatic heterocycles. The lowest BCUT2D eigenvalue weighted by Crippen LogP contribution is -2.59. The van der Waals surface area contributed by atoms with Gasteiger partial charge in [-0.05, 0) is 61.7 Å². The monoisotopic (exact) mass is 221 g/mol. The van der Waals surface area contributed by atoms with Crippen LogP contribution in [0.3, 0.4) is 0 Å². The first-order valence-corrected chi connectivity index (χ1v) is 6.67. The average molecular weight is 221 g/mol. The summed E-state index contributed by atoms with van der Waals surface area (Å²) in [5.74, 6) is 1.20. The van der Waals surface area contributed by atoms with E-state index in [4.69, 9.17) is 0 Å². The number of carbonyl (C=O) groups is 1. The Hall–Kier alpha value is -0.530. The summed E-state index contributed by atoms with van der Waals surface area (Å²) < 4.78 is 0. The third kappa shape index (κ3) is 1.22. The van der Waals surface area contributed by atoms with Crippen molar-refractivity contribution >= 4 is 5.97 Å². The van der Waals surface area contributed by atoms with Crippen LogP contribution in [-0.2, 0) is 4.79 Å². The van der Waals surface area contributed by atoms with Crippen LogP contribution in [0.4, 0.5) is 0 Å². The van der Waals surface area contributed by atoms with Gasteiger partial charge in [-0.3, -0.25) is 0 Å². The van der Waals surface area contributed by atoms with E-state index in [-0.39, 0.29) is 0 Å². The first kappa shape index (κ1) is 10.6. The number of carboxylic acids is 1. The first-order chi connectivity index (χ1) is 7.46. The fourth-order valence-electron chi connectivity index (χ4n) is 5.25. The van der Waals surface area contributed by atoms with Gasteiger partial charge in [0.25, 0.3) is 0 Å². The highest BCUT2D eigenvalue weighted by molar-refractivity contribution is 5.73. The van der Waals surface area contributed by atoms with E-state index < -0.39 is 11.4 Å². The minimum Gasteiger partial charge on any atom is -0.550 e. The second kappa shape index (κ2) is 3.02. The van der Waals surface area contributed by atoms with E-state index >= 15 is 0 Å². The lowest BCUT2D eigenvalue weighted by atomic mass is 9.42. The van der Waals surface area contributed by atoms with Crippen LogP contribution in [0.5, 0.6) is 0 Å². The Kier molecular flexibility index (Phi) is 2.01. The fourth-order valence-corrected chi connectivity index (χ4v) is 5.25. The van der Waals surface area contributed by atoms with E-state index in [9.17, 15) is 9.90 Å². The van der Waals surface area contributed by atoms with Crippen molar-refractivity contribution in [2.24, 2.45) is 28.6 Å². The van der Waals surface area contributed by atoms with E-state index in [1.165, 1.54) is 19.3 Å². The van der Waals surface area contributed by atoms with Gasteiger partial charge in [0.15, 0.2) is 0 Å². The maximum Gasteiger partial charge on any atom is 0.0476 e. The van der Waals surface area contributed by atoms with Crippen molar-refractivity contribution in [3.05, 3.63) is 0 Å². The van der Waals surface area contributed by atoms with Gasteiger partial charge in [0.1, 0.15) is 0 Å². The Bertz CT molecular complexity index is 318. The minimum absolute atomic E-state index is 0.324. The van der Waals surface area contributed by atoms with Gasteiger partial charge in [-0.1, -0.05) is 13.8 Å². The summed E-state index contributed by atoms with van der Waals surface area (Å²) in [7, 11) is 0. The molecule has 0 N–H and O–H groups in total. The molecule has 0 radical (unpaired) electrons. The van der Waals surface area contributed by atoms with Crippen molar-refractivity contribution in [1.29, 1.82) is 0 Å². The molecule has 0 aromatic rings. The number of carbonyl (C=O) groups excluding carboxylic acids is 1. The zero-order valence-electron chi connectivity index (χ0n) is 10.3. The van der Waals surface area contributed by atoms with Crippen LogP contribution in [0.25, 0.3) is 0 Å². The molecule has 4 saturated carbocycles. The second-order valence-corrected chi connectivity index (χ2v) is 7.05. The van der Waals surface area contributed by atoms with Crippen molar-refractivity contribution in [2.75, 3.05) is 0 Å². The van der Waals surface area contributed by atoms with E-state index in [0.717, 1.165) is 19.3 Å². The maximum atomic E-state index is 11.5. The summed E-state index contributed by atoms with van der Waals surface area (Å²) >= 11 is 0. The summed E-state index contributed by atoms with van der Waals surface area (Å²) in [5, 5.41) is 11.5. The lowest BCUT2D eigenvalue weighted by Gasteiger charge is -2.64. The predicted molar refractivity (Wildman–Crippen MR) is 59.4 cm³/mol. The molecule has 0 saturated heterocycles. The van der Waals surface area contributed by atoms with Crippen LogP contribution in [0.2, 0.25) is 0 Å². The second-order valence-electron chi connectivity index (χ2n) is 7.05. The highest BCUT2D eigenvalue weighted by atomic mass is 16.4. The van der Waals surface area contributed by atoms with Gasteiger partial charge >= 0.3 is 0 Å². The molecule has 16 heavy (non-hydrogen) atoms. The van der Waals surface area contributed by atoms with E-state index in [2.05, 4.69) is 13.8 Å². The zero-order chi connectivity index (χ0) is 11.6. The molecule has 4 bridgehead atoms. The number of carboxylic acid groups (broad SMARTS) is 1. The number of hydrogen-bond acceptors (Lipinski definition) is 2. The largest absolute Gasteiger partial charge is 0.550 e. The molecule has 4 aliphatic carbocycles. The highest BCUT2D eigenvalue weighted by Crippen LogP contribution is 2.67. The molecule has 4 rings (SSSR count). The van der Waals surface area contributed by atoms with Gasteiger partial charge in [-0.25, -0.2) is 0 Å². The predicted octanol–water partition coefficient (Wildman–Crippen LogP) is 1.98. The summed E-state index contributed by atoms with van der Waals surface area (Å²) in [5.41, 5.74) is -0.126. The van der Waals surface area contributed by atoms with Gasteiger partial charge in [0.2, 0.25) is 0 Å². The molecule has 0 aromatic carbocycles. The van der Waals surface area contributed by atoms with Crippen molar-refractivity contribution in [3.8, 4) is 0 Å². The molecule has 4 aliphatic rings. The molecule has 2 unspecified atom stereocenters. The van der Waals surface area contributed by atoms with Gasteiger partial charge < -0.3 is 9.90 Å². The Labute approximate surface area is 97.4 Å². The molecule has 90 valence electrons. The van der Waals surface area contributed by atoms with Crippen LogP contribution in [-0.4, -0.2) is 5.97 Å². The Morgan fingerprint density at radius 3 is 2.19 bits per heavy atom. The third-order valence-corrected chi connectivity index (χ3v) is 5.76. The molecule has 2 atom stereocenters. The van der Waals surface area contributed by atoms with Crippen molar-refractivity contribution in [1.82, 2.24) is 0 Å². The van der Waals surface area contributed by atoms with Crippen LogP contribution >= 0.6 is 0 Å². The maximum absolute atomic E-state index is 11.5. The van der Waals surface area contributed by atoms with E-state index in [0.29, 0.717) is 23.2 Å². The average Bonchev–Trinajstić information content (AvgIpc) is 2.14. The van der Waals surface area contributed by atoms with Crippen LogP contribution in [0.1, 0.15) is 52.4 Å². The SMILES string of the molecule is CC(C)C12CC3CC(CC(C(=O)[O-])(C3)C1)C2. The smallest absolute Gasteiger partial charge is 0.0476 e. The zero-order valence-corrected chi connectivity index (χ0v) is 10.3. The van der Waals surface area contributed by atoms with E-state index in [1.807, 2.05) is 0 Å². The van der Waals surface area contributed by atoms with Crippen LogP contribution in [0, 0.1) is 28.6 Å². The number of hydrogen-bond donors (Lipinski definition) is 0. The Balaban J connectivity index is 2.00. The Morgan fingerprint density at radius 2 is 1.75 bits per heavy atom. The van der Waals surface area contributed by atoms with Crippen molar-refractivity contribution in [2.45, 2.75) is 52.4 Å². The van der Waals surface area contributed by atoms with Crippen LogP contribution in [0.15, 0.2) is 0 Å². The molecular formula is C14H21O2-. The summed E-state index contributed by atoms with van der Waals surface area (Å²) in [6.45, 7) is 4.55. The van der Waals surface area contributed by atoms with Gasteiger partial charge in [0, 0.05) is 11.4 Å². The van der Waals surface area contributed by atoms with Crippen LogP contribution < -0.4 is 5.11 Å². The third-order valence-electron chi connectivity index (χ3n) is 5.76. The van der Waals surface area contributed by atoms with Gasteiger partial charge in [-0.15, -0.1) is 0 Å². The molecule has 0 heterocycles. The molecular weight excluding hydrogens is 200 g/mol. The first-order valence-electron chi connectivity index (χ1n) is 6.67. The standard InChI is InChI=1S/C14H22O2/c1-9(2)13-4-10-3-11(5-13)7-14(6-10,8-13)12(15)16/h9-11H,3-8H2,1-2H3,(H,15,16)/p-1. The summed E-state index contributed by atoms with van der Waals surface area (Å²) in [4.78, 5) is 11.5. The lowest BCUT2D eigenvalue weighted by molar-refractivity contribution is -0.330. The highest BCUT2D eigenvalue weighted by Gasteiger charge is 2.58. The van der Waals surface area contributed by atoms with Crippen molar-refractivity contribution in [3.63, 3.8) is 0 Å². The molecule has 0 spiro atoms. The molecule has 0 amide bonds. The Morgan fingerprint density at radius 1 is 1.19 bits per heavy atom. The van der Waals surface area contributed by atoms with Gasteiger partial charge in [-0.2, -0.15) is 0 Å². The summed E-state index contributed by atoms with van der Waals surface area (Å²) in [6, 6.07) is 0. The number of rotatable bonds is 2. The molecule has 4 fully saturated rings. The fraction of sp³-hybridized carbons (Fsp3) is 0.929. The topological polar surface area (TPSA) is 40.1 Å². The quantitative estimate of drug-likeness (QED) is 0.715. The molecule has 2 nitrogen and oxygen atoms in total. The van der Waals surface area contributed by atoms with Gasteiger partial charge in [0.05, 0.1) is 0 Å². The summed E-state index contributed by atoms with van der Waals surface area (Å²) in [6.07, 6.45) is 6.53. The normalized spacial score (nSPS) is 49.9. The number of aliphatic carboxylic acids is 1. The molecule has 0 aromatic heterocycles. The van der Waals surface area contributed by atoms with E-state index in [1.54, 1.807) is 0 Å².